The summed E-state index contributed by atoms with van der Waals surface area (Å²) >= 11 is 10.0. The van der Waals surface area contributed by atoms with E-state index >= 15 is 4.39 Å². The highest BCUT2D eigenvalue weighted by Crippen LogP contribution is 2.48. The summed E-state index contributed by atoms with van der Waals surface area (Å²) in [6, 6.07) is 14.3. The molecule has 6 heteroatoms. The summed E-state index contributed by atoms with van der Waals surface area (Å²) in [6.45, 7) is 0. The molecule has 3 nitrogen and oxygen atoms in total. The van der Waals surface area contributed by atoms with Gasteiger partial charge in [0.05, 0.1) is 5.41 Å². The Morgan fingerprint density at radius 1 is 1.10 bits per heavy atom. The number of halogens is 3. The number of benzene rings is 2. The monoisotopic (exact) mass is 492 g/mol. The number of fused-ring (bicyclic) bond motifs is 1. The first kappa shape index (κ1) is 19.9. The summed E-state index contributed by atoms with van der Waals surface area (Å²) in [6.07, 6.45) is 10.8. The van der Waals surface area contributed by atoms with Crippen LogP contribution in [-0.2, 0) is 10.2 Å². The number of imidazole rings is 1. The lowest BCUT2D eigenvalue weighted by Crippen LogP contribution is -2.25. The summed E-state index contributed by atoms with van der Waals surface area (Å²) in [5, 5.41) is 0.307. The lowest BCUT2D eigenvalue weighted by atomic mass is 9.80. The second kappa shape index (κ2) is 7.56. The normalized spacial score (nSPS) is 23.8. The summed E-state index contributed by atoms with van der Waals surface area (Å²) in [7, 11) is 0. The van der Waals surface area contributed by atoms with Gasteiger partial charge in [0, 0.05) is 34.1 Å². The van der Waals surface area contributed by atoms with Crippen LogP contribution in [0.4, 0.5) is 4.39 Å². The number of hydrogen-bond donors (Lipinski definition) is 1. The van der Waals surface area contributed by atoms with Gasteiger partial charge in [0.2, 0.25) is 4.51 Å². The van der Waals surface area contributed by atoms with Gasteiger partial charge >= 0.3 is 0 Å². The number of allylic oxidation sites excluding steroid dienone is 3. The van der Waals surface area contributed by atoms with Gasteiger partial charge in [0.15, 0.2) is 0 Å². The second-order valence-corrected chi connectivity index (χ2v) is 8.79. The van der Waals surface area contributed by atoms with Crippen LogP contribution in [0.15, 0.2) is 96.6 Å². The van der Waals surface area contributed by atoms with Gasteiger partial charge in [-0.3, -0.25) is 0 Å². The van der Waals surface area contributed by atoms with Crippen molar-refractivity contribution in [1.29, 1.82) is 0 Å². The number of alkyl halides is 1. The minimum Gasteiger partial charge on any atom is -0.461 e. The molecule has 0 saturated heterocycles. The molecule has 2 unspecified atom stereocenters. The molecule has 1 aliphatic heterocycles. The molecule has 3 aromatic rings. The van der Waals surface area contributed by atoms with Crippen LogP contribution in [0.2, 0.25) is 5.02 Å². The zero-order valence-corrected chi connectivity index (χ0v) is 18.4. The molecular formula is C25H15BrClFN2O. The number of rotatable bonds is 2. The Bertz CT molecular complexity index is 1280. The third-order valence-corrected chi connectivity index (χ3v) is 6.12. The van der Waals surface area contributed by atoms with Crippen LogP contribution in [-0.4, -0.2) is 14.5 Å². The molecule has 0 amide bonds. The number of aromatic amines is 1. The number of ether oxygens (including phenoxy) is 1. The van der Waals surface area contributed by atoms with E-state index in [0.29, 0.717) is 22.2 Å². The van der Waals surface area contributed by atoms with E-state index in [9.17, 15) is 0 Å². The maximum atomic E-state index is 15.0. The Kier molecular flexibility index (Phi) is 4.85. The summed E-state index contributed by atoms with van der Waals surface area (Å²) in [4.78, 5) is 7.51. The number of nitrogens with one attached hydrogen (secondary N) is 1. The van der Waals surface area contributed by atoms with E-state index in [1.807, 2.05) is 54.6 Å². The molecule has 0 saturated carbocycles. The van der Waals surface area contributed by atoms with E-state index in [4.69, 9.17) is 16.3 Å². The van der Waals surface area contributed by atoms with E-state index in [-0.39, 0.29) is 0 Å². The highest BCUT2D eigenvalue weighted by Gasteiger charge is 2.44. The van der Waals surface area contributed by atoms with Gasteiger partial charge in [0.1, 0.15) is 17.4 Å². The van der Waals surface area contributed by atoms with Crippen LogP contribution in [0.5, 0.6) is 0 Å². The Morgan fingerprint density at radius 2 is 1.94 bits per heavy atom. The van der Waals surface area contributed by atoms with E-state index in [1.165, 1.54) is 6.07 Å². The second-order valence-electron chi connectivity index (χ2n) is 7.21. The number of hydrogen-bond acceptors (Lipinski definition) is 2. The van der Waals surface area contributed by atoms with Crippen molar-refractivity contribution in [2.75, 3.05) is 0 Å². The van der Waals surface area contributed by atoms with Crippen molar-refractivity contribution >= 4 is 27.5 Å². The highest BCUT2D eigenvalue weighted by atomic mass is 79.9. The zero-order valence-electron chi connectivity index (χ0n) is 16.1. The molecule has 31 heavy (non-hydrogen) atoms. The van der Waals surface area contributed by atoms with E-state index in [0.717, 1.165) is 11.1 Å². The van der Waals surface area contributed by atoms with Crippen molar-refractivity contribution in [3.63, 3.8) is 0 Å². The molecule has 152 valence electrons. The molecule has 5 rings (SSSR count). The van der Waals surface area contributed by atoms with Gasteiger partial charge in [-0.15, -0.1) is 0 Å². The van der Waals surface area contributed by atoms with Crippen LogP contribution in [0.25, 0.3) is 0 Å². The maximum Gasteiger partial charge on any atom is 0.243 e. The van der Waals surface area contributed by atoms with E-state index in [2.05, 4.69) is 37.7 Å². The average molecular weight is 494 g/mol. The fourth-order valence-corrected chi connectivity index (χ4v) is 4.51. The Balaban J connectivity index is 1.60. The van der Waals surface area contributed by atoms with Crippen molar-refractivity contribution in [3.05, 3.63) is 124 Å². The Labute approximate surface area is 192 Å². The maximum absolute atomic E-state index is 15.0. The molecule has 0 bridgehead atoms. The van der Waals surface area contributed by atoms with Crippen molar-refractivity contribution < 1.29 is 9.13 Å². The molecule has 1 aliphatic carbocycles. The Morgan fingerprint density at radius 3 is 2.68 bits per heavy atom. The topological polar surface area (TPSA) is 37.9 Å². The third-order valence-electron chi connectivity index (χ3n) is 5.18. The molecule has 0 fully saturated rings. The van der Waals surface area contributed by atoms with E-state index in [1.54, 1.807) is 24.5 Å². The first-order valence-corrected chi connectivity index (χ1v) is 10.7. The molecule has 1 N–H and O–H groups in total. The van der Waals surface area contributed by atoms with Crippen molar-refractivity contribution in [2.45, 2.75) is 9.93 Å². The van der Waals surface area contributed by atoms with Gasteiger partial charge < -0.3 is 9.72 Å². The predicted molar refractivity (Wildman–Crippen MR) is 122 cm³/mol. The first-order chi connectivity index (χ1) is 15.0. The number of aromatic nitrogens is 2. The lowest BCUT2D eigenvalue weighted by Gasteiger charge is -2.26. The van der Waals surface area contributed by atoms with Crippen LogP contribution in [0.3, 0.4) is 0 Å². The van der Waals surface area contributed by atoms with Gasteiger partial charge in [-0.1, -0.05) is 47.9 Å². The van der Waals surface area contributed by atoms with Gasteiger partial charge in [-0.25, -0.2) is 9.37 Å². The first-order valence-electron chi connectivity index (χ1n) is 9.55. The minimum atomic E-state index is -1.04. The fourth-order valence-electron chi connectivity index (χ4n) is 3.79. The van der Waals surface area contributed by atoms with Crippen LogP contribution in [0.1, 0.15) is 17.0 Å². The predicted octanol–water partition coefficient (Wildman–Crippen LogP) is 6.04. The van der Waals surface area contributed by atoms with Crippen molar-refractivity contribution in [1.82, 2.24) is 9.97 Å². The molecule has 0 spiro atoms. The van der Waals surface area contributed by atoms with Crippen LogP contribution >= 0.6 is 27.5 Å². The lowest BCUT2D eigenvalue weighted by molar-refractivity contribution is 0.180. The molecular weight excluding hydrogens is 479 g/mol. The summed E-state index contributed by atoms with van der Waals surface area (Å²) < 4.78 is 20.2. The quantitative estimate of drug-likeness (QED) is 0.349. The summed E-state index contributed by atoms with van der Waals surface area (Å²) in [5.74, 6) is 6.92. The van der Waals surface area contributed by atoms with Crippen molar-refractivity contribution in [3.8, 4) is 11.8 Å². The highest BCUT2D eigenvalue weighted by molar-refractivity contribution is 9.10. The third kappa shape index (κ3) is 3.52. The molecule has 2 heterocycles. The molecule has 1 aromatic heterocycles. The summed E-state index contributed by atoms with van der Waals surface area (Å²) in [5.41, 5.74) is 0.954. The number of nitrogens with zero attached hydrogens (tertiary/aromatic N) is 1. The Hall–Kier alpha value is -3.07. The molecule has 2 atom stereocenters. The largest absolute Gasteiger partial charge is 0.461 e. The smallest absolute Gasteiger partial charge is 0.243 e. The minimum absolute atomic E-state index is 0.307. The average Bonchev–Trinajstić information content (AvgIpc) is 3.42. The SMILES string of the molecule is Fc1cccc(Cl)c1C1(c2ncc[nH]2)C=C2C=CC(Br)(C#Cc3ccccc3)OC2=C1. The van der Waals surface area contributed by atoms with E-state index < -0.39 is 15.7 Å². The molecule has 2 aromatic carbocycles. The van der Waals surface area contributed by atoms with Gasteiger partial charge in [-0.05, 0) is 64.3 Å². The zero-order chi connectivity index (χ0) is 21.5. The molecule has 0 radical (unpaired) electrons. The van der Waals surface area contributed by atoms with Crippen LogP contribution < -0.4 is 0 Å². The van der Waals surface area contributed by atoms with Crippen molar-refractivity contribution in [2.24, 2.45) is 0 Å². The molecule has 2 aliphatic rings. The van der Waals surface area contributed by atoms with Gasteiger partial charge in [-0.2, -0.15) is 0 Å². The van der Waals surface area contributed by atoms with Crippen LogP contribution in [0, 0.1) is 17.7 Å². The van der Waals surface area contributed by atoms with Gasteiger partial charge in [0.25, 0.3) is 0 Å². The fraction of sp³-hybridized carbons (Fsp3) is 0.0800. The standard InChI is InChI=1S/C25H15BrClFN2O/c26-25(11-9-17-5-2-1-3-6-17)12-10-18-15-24(16-21(18)31-25,23-29-13-14-30-23)22-19(27)7-4-8-20(22)28/h1-8,10,12-16H,(H,29,30). The number of H-pyrrole nitrogens is 1.